The van der Waals surface area contributed by atoms with Crippen LogP contribution in [0.3, 0.4) is 0 Å². The molecule has 56 heavy (non-hydrogen) atoms. The van der Waals surface area contributed by atoms with E-state index in [1.807, 2.05) is 37.3 Å². The van der Waals surface area contributed by atoms with E-state index in [1.54, 1.807) is 31.2 Å². The molecule has 0 unspecified atom stereocenters. The lowest BCUT2D eigenvalue weighted by molar-refractivity contribution is -0.163. The van der Waals surface area contributed by atoms with E-state index < -0.39 is 77.9 Å². The van der Waals surface area contributed by atoms with Crippen molar-refractivity contribution in [3.05, 3.63) is 70.7 Å². The summed E-state index contributed by atoms with van der Waals surface area (Å²) in [4.78, 5) is 102. The number of amides is 6. The van der Waals surface area contributed by atoms with Gasteiger partial charge in [-0.3, -0.25) is 28.8 Å². The van der Waals surface area contributed by atoms with Crippen LogP contribution in [0.2, 0.25) is 5.02 Å². The van der Waals surface area contributed by atoms with Gasteiger partial charge in [0.2, 0.25) is 35.4 Å². The maximum atomic E-state index is 14.7. The number of piperidine rings is 1. The quantitative estimate of drug-likeness (QED) is 0.358. The molecule has 6 rings (SSSR count). The van der Waals surface area contributed by atoms with Crippen LogP contribution >= 0.6 is 11.6 Å². The molecule has 4 heterocycles. The van der Waals surface area contributed by atoms with Gasteiger partial charge in [-0.2, -0.15) is 0 Å². The Morgan fingerprint density at radius 2 is 1.48 bits per heavy atom. The van der Waals surface area contributed by atoms with Gasteiger partial charge in [0, 0.05) is 31.1 Å². The van der Waals surface area contributed by atoms with Gasteiger partial charge < -0.3 is 35.4 Å². The number of benzene rings is 2. The zero-order valence-electron chi connectivity index (χ0n) is 32.1. The third kappa shape index (κ3) is 9.34. The summed E-state index contributed by atoms with van der Waals surface area (Å²) in [7, 11) is 0. The molecule has 15 heteroatoms. The van der Waals surface area contributed by atoms with Gasteiger partial charge in [-0.1, -0.05) is 61.0 Å². The van der Waals surface area contributed by atoms with E-state index in [1.165, 1.54) is 21.6 Å². The van der Waals surface area contributed by atoms with Gasteiger partial charge in [-0.05, 0) is 81.5 Å². The molecular weight excluding hydrogens is 740 g/mol. The molecule has 3 N–H and O–H groups in total. The Balaban J connectivity index is 1.32. The van der Waals surface area contributed by atoms with Crippen molar-refractivity contribution in [2.75, 3.05) is 19.6 Å². The number of rotatable bonds is 7. The summed E-state index contributed by atoms with van der Waals surface area (Å²) in [5.41, 5.74) is 1.43. The van der Waals surface area contributed by atoms with Crippen molar-refractivity contribution < 1.29 is 38.3 Å². The number of carbonyl (C=O) groups excluding carboxylic acids is 7. The lowest BCUT2D eigenvalue weighted by Crippen LogP contribution is -2.63. The topological polar surface area (TPSA) is 175 Å². The summed E-state index contributed by atoms with van der Waals surface area (Å²) in [5, 5.41) is 8.94. The van der Waals surface area contributed by atoms with Crippen molar-refractivity contribution in [1.29, 1.82) is 0 Å². The highest BCUT2D eigenvalue weighted by molar-refractivity contribution is 6.30. The van der Waals surface area contributed by atoms with Gasteiger partial charge in [0.25, 0.3) is 0 Å². The number of cyclic esters (lactones) is 1. The van der Waals surface area contributed by atoms with Crippen LogP contribution in [-0.4, -0.2) is 118 Å². The smallest absolute Gasteiger partial charge is 0.329 e. The molecule has 2 aromatic rings. The van der Waals surface area contributed by atoms with Crippen molar-refractivity contribution in [3.63, 3.8) is 0 Å². The largest absolute Gasteiger partial charge is 0.458 e. The number of esters is 1. The van der Waals surface area contributed by atoms with Crippen LogP contribution < -0.4 is 16.0 Å². The molecule has 8 atom stereocenters. The predicted octanol–water partition coefficient (Wildman–Crippen LogP) is 2.15. The maximum absolute atomic E-state index is 14.7. The molecule has 0 radical (unpaired) electrons. The first-order chi connectivity index (χ1) is 26.8. The normalized spacial score (nSPS) is 28.1. The summed E-state index contributed by atoms with van der Waals surface area (Å²) < 4.78 is 5.96. The SMILES string of the molecule is C[C@@H]1C[C@H]2C(=O)O[C@@H](C)[C@H](NC(=O)[C@H](Cc3ccccc3)NC(=O)Cc3ccc(Cl)cc3)C(=O)N3CCC[C@H]3C(=O)N3CCCC[C@H]3C(=O)N[C@@H](C)C(=O)N2C1. The van der Waals surface area contributed by atoms with E-state index in [0.717, 1.165) is 5.56 Å². The Kier molecular flexibility index (Phi) is 13.0. The van der Waals surface area contributed by atoms with Crippen LogP contribution in [-0.2, 0) is 51.1 Å². The first-order valence-corrected chi connectivity index (χ1v) is 20.0. The second-order valence-electron chi connectivity index (χ2n) is 15.6. The minimum absolute atomic E-state index is 0.0349. The highest BCUT2D eigenvalue weighted by Gasteiger charge is 2.47. The predicted molar refractivity (Wildman–Crippen MR) is 206 cm³/mol. The van der Waals surface area contributed by atoms with Crippen LogP contribution in [0.15, 0.2) is 54.6 Å². The Bertz CT molecular complexity index is 1810. The molecule has 0 spiro atoms. The number of fused-ring (bicyclic) bond motifs is 3. The zero-order valence-corrected chi connectivity index (χ0v) is 32.8. The second-order valence-corrected chi connectivity index (χ2v) is 16.0. The molecule has 0 aromatic heterocycles. The van der Waals surface area contributed by atoms with Crippen LogP contribution in [0.4, 0.5) is 0 Å². The molecule has 0 aliphatic carbocycles. The van der Waals surface area contributed by atoms with E-state index in [2.05, 4.69) is 16.0 Å². The third-order valence-electron chi connectivity index (χ3n) is 11.3. The maximum Gasteiger partial charge on any atom is 0.329 e. The Morgan fingerprint density at radius 1 is 0.804 bits per heavy atom. The van der Waals surface area contributed by atoms with Gasteiger partial charge in [-0.25, -0.2) is 4.79 Å². The number of ether oxygens (including phenoxy) is 1. The van der Waals surface area contributed by atoms with Gasteiger partial charge in [0.15, 0.2) is 0 Å². The molecular formula is C41H51ClN6O8. The van der Waals surface area contributed by atoms with Crippen LogP contribution in [0.25, 0.3) is 0 Å². The van der Waals surface area contributed by atoms with Gasteiger partial charge >= 0.3 is 5.97 Å². The lowest BCUT2D eigenvalue weighted by atomic mass is 9.99. The fraction of sp³-hybridized carbons (Fsp3) is 0.537. The van der Waals surface area contributed by atoms with Crippen molar-refractivity contribution >= 4 is 53.0 Å². The van der Waals surface area contributed by atoms with Crippen molar-refractivity contribution in [2.24, 2.45) is 5.92 Å². The van der Waals surface area contributed by atoms with E-state index in [0.29, 0.717) is 55.7 Å². The molecule has 0 bridgehead atoms. The highest BCUT2D eigenvalue weighted by Crippen LogP contribution is 2.29. The van der Waals surface area contributed by atoms with E-state index in [4.69, 9.17) is 16.3 Å². The lowest BCUT2D eigenvalue weighted by Gasteiger charge is -2.39. The number of nitrogens with one attached hydrogen (secondary N) is 3. The van der Waals surface area contributed by atoms with E-state index in [-0.39, 0.29) is 37.8 Å². The molecule has 2 aromatic carbocycles. The zero-order chi connectivity index (χ0) is 40.1. The Morgan fingerprint density at radius 3 is 2.21 bits per heavy atom. The molecule has 4 fully saturated rings. The summed E-state index contributed by atoms with van der Waals surface area (Å²) in [5.74, 6) is -3.88. The summed E-state index contributed by atoms with van der Waals surface area (Å²) in [6, 6.07) is 9.56. The monoisotopic (exact) mass is 790 g/mol. The third-order valence-corrected chi connectivity index (χ3v) is 11.5. The number of hydrogen-bond acceptors (Lipinski definition) is 8. The standard InChI is InChI=1S/C41H51ClN6O8/c1-24-20-33-41(55)56-26(3)35(45-36(50)30(21-27-10-5-4-6-11-27)44-34(49)22-28-14-16-29(42)17-15-28)40(54)47-19-9-13-32(47)39(53)46-18-8-7-12-31(46)37(51)43-25(2)38(52)48(33)23-24/h4-6,10-11,14-17,24-26,30-33,35H,7-9,12-13,18-23H2,1-3H3,(H,43,51)(H,44,49)(H,45,50)/t24-,25+,26+,30+,31+,32+,33+,35+/m1/s1. The first kappa shape index (κ1) is 40.7. The highest BCUT2D eigenvalue weighted by atomic mass is 35.5. The molecule has 6 amide bonds. The molecule has 14 nitrogen and oxygen atoms in total. The first-order valence-electron chi connectivity index (χ1n) is 19.6. The number of hydrogen-bond donors (Lipinski definition) is 3. The number of halogens is 1. The molecule has 4 aliphatic rings. The van der Waals surface area contributed by atoms with Crippen molar-refractivity contribution in [1.82, 2.24) is 30.7 Å². The van der Waals surface area contributed by atoms with Crippen LogP contribution in [0.5, 0.6) is 0 Å². The van der Waals surface area contributed by atoms with Crippen molar-refractivity contribution in [3.8, 4) is 0 Å². The fourth-order valence-electron chi connectivity index (χ4n) is 8.31. The Labute approximate surface area is 332 Å². The Hall–Kier alpha value is -4.98. The fourth-order valence-corrected chi connectivity index (χ4v) is 8.44. The summed E-state index contributed by atoms with van der Waals surface area (Å²) >= 11 is 6.03. The van der Waals surface area contributed by atoms with Crippen LogP contribution in [0.1, 0.15) is 70.4 Å². The molecule has 300 valence electrons. The average molecular weight is 791 g/mol. The number of carbonyl (C=O) groups is 7. The number of nitrogens with zero attached hydrogens (tertiary/aromatic N) is 3. The minimum Gasteiger partial charge on any atom is -0.458 e. The van der Waals surface area contributed by atoms with Gasteiger partial charge in [0.05, 0.1) is 6.42 Å². The van der Waals surface area contributed by atoms with E-state index >= 15 is 0 Å². The second kappa shape index (κ2) is 17.9. The van der Waals surface area contributed by atoms with Crippen molar-refractivity contribution in [2.45, 2.75) is 114 Å². The summed E-state index contributed by atoms with van der Waals surface area (Å²) in [6.45, 7) is 5.74. The van der Waals surface area contributed by atoms with Gasteiger partial charge in [0.1, 0.15) is 42.4 Å². The van der Waals surface area contributed by atoms with Gasteiger partial charge in [-0.15, -0.1) is 0 Å². The van der Waals surface area contributed by atoms with Crippen LogP contribution in [0, 0.1) is 5.92 Å². The molecule has 0 saturated carbocycles. The van der Waals surface area contributed by atoms with E-state index in [9.17, 15) is 33.6 Å². The summed E-state index contributed by atoms with van der Waals surface area (Å²) in [6.07, 6.45) is 1.75. The minimum atomic E-state index is -1.46. The average Bonchev–Trinajstić information content (AvgIpc) is 3.84. The molecule has 4 saturated heterocycles. The molecule has 4 aliphatic heterocycles.